The van der Waals surface area contributed by atoms with Crippen molar-refractivity contribution >= 4 is 21.5 Å². The molecule has 1 aliphatic rings. The summed E-state index contributed by atoms with van der Waals surface area (Å²) in [5, 5.41) is 17.7. The molecule has 0 spiro atoms. The molecule has 6 aromatic rings. The molecule has 0 aliphatic carbocycles. The maximum absolute atomic E-state index is 12.7. The monoisotopic (exact) mass is 505 g/mol. The van der Waals surface area contributed by atoms with Crippen molar-refractivity contribution in [1.82, 2.24) is 4.90 Å². The zero-order valence-electron chi connectivity index (χ0n) is 22.1. The van der Waals surface area contributed by atoms with Crippen LogP contribution in [0, 0.1) is 0 Å². The lowest BCUT2D eigenvalue weighted by Crippen LogP contribution is -2.49. The van der Waals surface area contributed by atoms with Crippen LogP contribution >= 0.6 is 0 Å². The van der Waals surface area contributed by atoms with Crippen LogP contribution < -0.4 is 0 Å². The summed E-state index contributed by atoms with van der Waals surface area (Å²) >= 11 is 0. The van der Waals surface area contributed by atoms with Crippen LogP contribution in [0.5, 0.6) is 0 Å². The highest BCUT2D eigenvalue weighted by Gasteiger charge is 2.41. The smallest absolute Gasteiger partial charge is 0.130 e. The molecular formula is C37H31NO. The van der Waals surface area contributed by atoms with Crippen LogP contribution in [-0.4, -0.2) is 16.0 Å². The maximum Gasteiger partial charge on any atom is 0.130 e. The van der Waals surface area contributed by atoms with E-state index in [1.165, 1.54) is 43.8 Å². The van der Waals surface area contributed by atoms with Crippen molar-refractivity contribution < 1.29 is 5.11 Å². The van der Waals surface area contributed by atoms with E-state index in [1.807, 2.05) is 60.7 Å². The molecule has 39 heavy (non-hydrogen) atoms. The highest BCUT2D eigenvalue weighted by molar-refractivity contribution is 6.08. The molecule has 0 saturated heterocycles. The van der Waals surface area contributed by atoms with Gasteiger partial charge >= 0.3 is 0 Å². The van der Waals surface area contributed by atoms with E-state index in [0.29, 0.717) is 0 Å². The fourth-order valence-corrected chi connectivity index (χ4v) is 6.55. The molecule has 6 aromatic carbocycles. The van der Waals surface area contributed by atoms with Crippen LogP contribution in [0.25, 0.3) is 32.7 Å². The summed E-state index contributed by atoms with van der Waals surface area (Å²) in [5.41, 5.74) is 5.85. The second kappa shape index (κ2) is 9.50. The molecule has 1 N–H and O–H groups in total. The number of aliphatic hydroxyl groups is 1. The Labute approximate surface area is 229 Å². The number of rotatable bonds is 4. The lowest BCUT2D eigenvalue weighted by molar-refractivity contribution is -0.0196. The number of hydrogen-bond donors (Lipinski definition) is 1. The Kier molecular flexibility index (Phi) is 5.81. The predicted octanol–water partition coefficient (Wildman–Crippen LogP) is 8.30. The van der Waals surface area contributed by atoms with Gasteiger partial charge < -0.3 is 5.11 Å². The Morgan fingerprint density at radius 3 is 1.41 bits per heavy atom. The van der Waals surface area contributed by atoms with Crippen molar-refractivity contribution in [2.24, 2.45) is 0 Å². The molecule has 0 amide bonds. The first kappa shape index (κ1) is 23.8. The normalized spacial score (nSPS) is 14.5. The van der Waals surface area contributed by atoms with Crippen molar-refractivity contribution in [3.05, 3.63) is 156 Å². The summed E-state index contributed by atoms with van der Waals surface area (Å²) in [5.74, 6) is 0. The van der Waals surface area contributed by atoms with Gasteiger partial charge in [-0.1, -0.05) is 133 Å². The van der Waals surface area contributed by atoms with E-state index < -0.39 is 5.60 Å². The summed E-state index contributed by atoms with van der Waals surface area (Å²) in [6, 6.07) is 46.6. The second-order valence-corrected chi connectivity index (χ2v) is 10.7. The highest BCUT2D eigenvalue weighted by Crippen LogP contribution is 2.44. The Balaban J connectivity index is 1.46. The summed E-state index contributed by atoms with van der Waals surface area (Å²) in [6.07, 6.45) is 0. The van der Waals surface area contributed by atoms with Gasteiger partial charge in [0.1, 0.15) is 5.60 Å². The van der Waals surface area contributed by atoms with E-state index in [2.05, 4.69) is 84.6 Å². The van der Waals surface area contributed by atoms with E-state index in [9.17, 15) is 5.11 Å². The highest BCUT2D eigenvalue weighted by atomic mass is 16.3. The minimum Gasteiger partial charge on any atom is -0.379 e. The van der Waals surface area contributed by atoms with Crippen molar-refractivity contribution in [3.8, 4) is 11.1 Å². The Morgan fingerprint density at radius 2 is 0.949 bits per heavy atom. The number of nitrogens with zero attached hydrogens (tertiary/aromatic N) is 1. The van der Waals surface area contributed by atoms with Gasteiger partial charge in [-0.25, -0.2) is 0 Å². The van der Waals surface area contributed by atoms with Gasteiger partial charge in [-0.05, 0) is 61.8 Å². The van der Waals surface area contributed by atoms with E-state index >= 15 is 0 Å². The van der Waals surface area contributed by atoms with E-state index in [4.69, 9.17) is 0 Å². The topological polar surface area (TPSA) is 23.5 Å². The van der Waals surface area contributed by atoms with Crippen LogP contribution in [-0.2, 0) is 18.7 Å². The Hall–Kier alpha value is -4.24. The summed E-state index contributed by atoms with van der Waals surface area (Å²) in [4.78, 5) is 2.45. The van der Waals surface area contributed by atoms with Gasteiger partial charge in [-0.15, -0.1) is 0 Å². The molecule has 0 radical (unpaired) electrons. The minimum atomic E-state index is -1.18. The van der Waals surface area contributed by atoms with Gasteiger partial charge in [-0.2, -0.15) is 0 Å². The first-order valence-electron chi connectivity index (χ1n) is 13.7. The summed E-state index contributed by atoms with van der Waals surface area (Å²) in [6.45, 7) is 3.66. The molecule has 1 aliphatic heterocycles. The molecule has 0 unspecified atom stereocenters. The minimum absolute atomic E-state index is 0.195. The predicted molar refractivity (Wildman–Crippen MR) is 161 cm³/mol. The van der Waals surface area contributed by atoms with Crippen LogP contribution in [0.15, 0.2) is 133 Å². The average molecular weight is 506 g/mol. The third kappa shape index (κ3) is 3.87. The van der Waals surface area contributed by atoms with Crippen molar-refractivity contribution in [2.45, 2.75) is 31.7 Å². The fraction of sp³-hybridized carbons (Fsp3) is 0.135. The fourth-order valence-electron chi connectivity index (χ4n) is 6.55. The van der Waals surface area contributed by atoms with Crippen molar-refractivity contribution in [3.63, 3.8) is 0 Å². The number of benzene rings is 6. The summed E-state index contributed by atoms with van der Waals surface area (Å²) < 4.78 is 0. The van der Waals surface area contributed by atoms with E-state index in [0.717, 1.165) is 24.2 Å². The third-order valence-electron chi connectivity index (χ3n) is 8.61. The zero-order chi connectivity index (χ0) is 26.4. The van der Waals surface area contributed by atoms with Gasteiger partial charge in [0.05, 0.1) is 0 Å². The largest absolute Gasteiger partial charge is 0.379 e. The van der Waals surface area contributed by atoms with Gasteiger partial charge in [0.25, 0.3) is 0 Å². The first-order chi connectivity index (χ1) is 19.1. The average Bonchev–Trinajstić information content (AvgIpc) is 3.18. The first-order valence-corrected chi connectivity index (χ1v) is 13.7. The van der Waals surface area contributed by atoms with Gasteiger partial charge in [-0.3, -0.25) is 4.90 Å². The maximum atomic E-state index is 12.7. The molecule has 2 heteroatoms. The van der Waals surface area contributed by atoms with Crippen molar-refractivity contribution in [1.29, 1.82) is 0 Å². The van der Waals surface area contributed by atoms with Gasteiger partial charge in [0, 0.05) is 19.1 Å². The molecule has 0 saturated carbocycles. The van der Waals surface area contributed by atoms with Crippen molar-refractivity contribution in [2.75, 3.05) is 0 Å². The zero-order valence-corrected chi connectivity index (χ0v) is 22.1. The molecule has 0 aromatic heterocycles. The number of fused-ring (bicyclic) bond motifs is 7. The molecule has 1 atom stereocenters. The Bertz CT molecular complexity index is 1660. The molecule has 7 rings (SSSR count). The summed E-state index contributed by atoms with van der Waals surface area (Å²) in [7, 11) is 0. The van der Waals surface area contributed by atoms with E-state index in [1.54, 1.807) is 0 Å². The lowest BCUT2D eigenvalue weighted by Gasteiger charge is -2.42. The van der Waals surface area contributed by atoms with Crippen LogP contribution in [0.1, 0.15) is 29.2 Å². The molecule has 190 valence electrons. The van der Waals surface area contributed by atoms with Crippen LogP contribution in [0.2, 0.25) is 0 Å². The van der Waals surface area contributed by atoms with Gasteiger partial charge in [0.2, 0.25) is 0 Å². The SMILES string of the molecule is C[C@H](N1Cc2ccc3ccccc3c2-c2c(ccc3ccccc23)C1)C(O)(c1ccccc1)c1ccccc1. The molecule has 0 fully saturated rings. The molecular weight excluding hydrogens is 474 g/mol. The standard InChI is InChI=1S/C37H31NO/c1-26(37(39,31-14-4-2-5-15-31)32-16-6-3-7-17-32)38-24-29-22-20-27-12-8-10-18-33(27)35(29)36-30(25-38)23-21-28-13-9-11-19-34(28)36/h2-23,26,39H,24-25H2,1H3/t26-/m0/s1. The lowest BCUT2D eigenvalue weighted by atomic mass is 9.80. The molecule has 0 bridgehead atoms. The second-order valence-electron chi connectivity index (χ2n) is 10.7. The van der Waals surface area contributed by atoms with Gasteiger partial charge in [0.15, 0.2) is 0 Å². The van der Waals surface area contributed by atoms with E-state index in [-0.39, 0.29) is 6.04 Å². The Morgan fingerprint density at radius 1 is 0.538 bits per heavy atom. The van der Waals surface area contributed by atoms with Crippen LogP contribution in [0.4, 0.5) is 0 Å². The molecule has 1 heterocycles. The number of hydrogen-bond acceptors (Lipinski definition) is 2. The third-order valence-corrected chi connectivity index (χ3v) is 8.61. The quantitative estimate of drug-likeness (QED) is 0.260. The molecule has 2 nitrogen and oxygen atoms in total. The van der Waals surface area contributed by atoms with Crippen LogP contribution in [0.3, 0.4) is 0 Å².